The molecule has 0 saturated heterocycles. The van der Waals surface area contributed by atoms with Gasteiger partial charge in [-0.3, -0.25) is 5.10 Å². The first-order valence-corrected chi connectivity index (χ1v) is 4.42. The van der Waals surface area contributed by atoms with Crippen LogP contribution in [0.4, 0.5) is 5.69 Å². The van der Waals surface area contributed by atoms with Crippen molar-refractivity contribution in [1.29, 1.82) is 5.26 Å². The molecule has 84 valence electrons. The topological polar surface area (TPSA) is 87.7 Å². The highest BCUT2D eigenvalue weighted by Crippen LogP contribution is 2.18. The van der Waals surface area contributed by atoms with Crippen molar-refractivity contribution in [2.24, 2.45) is 0 Å². The van der Waals surface area contributed by atoms with Gasteiger partial charge in [-0.05, 0) is 18.2 Å². The molecule has 3 N–H and O–H groups in total. The Balaban J connectivity index is 0.000000272. The SMILES string of the molecule is C#N.COc1ccccc1N.c1cn[nH]c1. The summed E-state index contributed by atoms with van der Waals surface area (Å²) in [4.78, 5) is 0. The van der Waals surface area contributed by atoms with Gasteiger partial charge in [-0.2, -0.15) is 5.10 Å². The highest BCUT2D eigenvalue weighted by molar-refractivity contribution is 5.51. The number of hydrogen-bond acceptors (Lipinski definition) is 4. The van der Waals surface area contributed by atoms with Crippen molar-refractivity contribution in [2.45, 2.75) is 0 Å². The van der Waals surface area contributed by atoms with Crippen molar-refractivity contribution in [3.05, 3.63) is 42.7 Å². The van der Waals surface area contributed by atoms with Gasteiger partial charge >= 0.3 is 0 Å². The minimum Gasteiger partial charge on any atom is -0.495 e. The highest BCUT2D eigenvalue weighted by Gasteiger charge is 1.91. The first-order chi connectivity index (χ1) is 7.84. The number of rotatable bonds is 1. The fraction of sp³-hybridized carbons (Fsp3) is 0.0909. The second-order valence-corrected chi connectivity index (χ2v) is 2.51. The molecular formula is C11H14N4O. The van der Waals surface area contributed by atoms with Crippen molar-refractivity contribution in [3.63, 3.8) is 0 Å². The molecule has 0 atom stereocenters. The Labute approximate surface area is 94.5 Å². The van der Waals surface area contributed by atoms with Crippen molar-refractivity contribution in [2.75, 3.05) is 12.8 Å². The Morgan fingerprint density at radius 1 is 1.31 bits per heavy atom. The lowest BCUT2D eigenvalue weighted by atomic mass is 10.3. The van der Waals surface area contributed by atoms with Crippen LogP contribution in [0.25, 0.3) is 0 Å². The lowest BCUT2D eigenvalue weighted by molar-refractivity contribution is 0.417. The number of methoxy groups -OCH3 is 1. The second kappa shape index (κ2) is 9.09. The lowest BCUT2D eigenvalue weighted by Crippen LogP contribution is -1.89. The van der Waals surface area contributed by atoms with Gasteiger partial charge in [0.25, 0.3) is 0 Å². The molecule has 0 aliphatic carbocycles. The summed E-state index contributed by atoms with van der Waals surface area (Å²) in [6, 6.07) is 9.22. The van der Waals surface area contributed by atoms with E-state index in [0.29, 0.717) is 5.69 Å². The van der Waals surface area contributed by atoms with Crippen molar-refractivity contribution in [1.82, 2.24) is 10.2 Å². The molecule has 2 aromatic rings. The van der Waals surface area contributed by atoms with E-state index in [2.05, 4.69) is 16.8 Å². The Morgan fingerprint density at radius 2 is 2.00 bits per heavy atom. The predicted molar refractivity (Wildman–Crippen MR) is 62.7 cm³/mol. The molecule has 0 bridgehead atoms. The number of nitrogens with one attached hydrogen (secondary N) is 1. The first-order valence-electron chi connectivity index (χ1n) is 4.42. The molecule has 0 unspecified atom stereocenters. The Morgan fingerprint density at radius 3 is 2.31 bits per heavy atom. The molecule has 5 heteroatoms. The number of H-pyrrole nitrogens is 1. The number of ether oxygens (including phenoxy) is 1. The van der Waals surface area contributed by atoms with Gasteiger partial charge in [0.2, 0.25) is 0 Å². The molecule has 1 aromatic heterocycles. The van der Waals surface area contributed by atoms with Gasteiger partial charge in [-0.1, -0.05) is 12.1 Å². The van der Waals surface area contributed by atoms with Gasteiger partial charge in [0.15, 0.2) is 0 Å². The summed E-state index contributed by atoms with van der Waals surface area (Å²) in [6.45, 7) is 3.50. The Hall–Kier alpha value is -2.48. The van der Waals surface area contributed by atoms with E-state index in [0.717, 1.165) is 5.75 Å². The van der Waals surface area contributed by atoms with Crippen LogP contribution in [0.5, 0.6) is 5.75 Å². The van der Waals surface area contributed by atoms with Crippen molar-refractivity contribution in [3.8, 4) is 12.3 Å². The molecular weight excluding hydrogens is 204 g/mol. The molecule has 5 nitrogen and oxygen atoms in total. The number of nitriles is 1. The molecule has 1 aromatic carbocycles. The van der Waals surface area contributed by atoms with E-state index in [9.17, 15) is 0 Å². The molecule has 1 heterocycles. The number of anilines is 1. The number of nitrogens with two attached hydrogens (primary N) is 1. The van der Waals surface area contributed by atoms with Crippen molar-refractivity contribution >= 4 is 5.69 Å². The van der Waals surface area contributed by atoms with Crippen molar-refractivity contribution < 1.29 is 4.74 Å². The average Bonchev–Trinajstić information content (AvgIpc) is 2.91. The maximum Gasteiger partial charge on any atom is 0.141 e. The number of aromatic amines is 1. The summed E-state index contributed by atoms with van der Waals surface area (Å²) in [5.74, 6) is 0.734. The summed E-state index contributed by atoms with van der Waals surface area (Å²) in [5.41, 5.74) is 6.19. The van der Waals surface area contributed by atoms with Crippen LogP contribution in [0.15, 0.2) is 42.7 Å². The molecule has 0 spiro atoms. The molecule has 0 aliphatic rings. The minimum atomic E-state index is 0.681. The van der Waals surface area contributed by atoms with Crippen LogP contribution < -0.4 is 10.5 Å². The van der Waals surface area contributed by atoms with E-state index >= 15 is 0 Å². The summed E-state index contributed by atoms with van der Waals surface area (Å²) < 4.78 is 4.92. The average molecular weight is 218 g/mol. The summed E-state index contributed by atoms with van der Waals surface area (Å²) >= 11 is 0. The van der Waals surface area contributed by atoms with Gasteiger partial charge in [-0.25, -0.2) is 5.26 Å². The number of para-hydroxylation sites is 2. The van der Waals surface area contributed by atoms with Gasteiger partial charge in [0.1, 0.15) is 5.75 Å². The number of benzene rings is 1. The fourth-order valence-electron chi connectivity index (χ4n) is 0.882. The maximum absolute atomic E-state index is 6.50. The highest BCUT2D eigenvalue weighted by atomic mass is 16.5. The van der Waals surface area contributed by atoms with Crippen LogP contribution in [0, 0.1) is 11.8 Å². The molecule has 2 rings (SSSR count). The van der Waals surface area contributed by atoms with Crippen LogP contribution in [0.3, 0.4) is 0 Å². The quantitative estimate of drug-likeness (QED) is 0.715. The lowest BCUT2D eigenvalue weighted by Gasteiger charge is -2.00. The zero-order valence-electron chi connectivity index (χ0n) is 9.00. The van der Waals surface area contributed by atoms with Gasteiger partial charge in [0.05, 0.1) is 12.8 Å². The zero-order chi connectivity index (χ0) is 12.2. The van der Waals surface area contributed by atoms with E-state index in [4.69, 9.17) is 15.7 Å². The third-order valence-electron chi connectivity index (χ3n) is 1.54. The monoisotopic (exact) mass is 218 g/mol. The van der Waals surface area contributed by atoms with E-state index in [-0.39, 0.29) is 0 Å². The molecule has 0 amide bonds. The minimum absolute atomic E-state index is 0.681. The number of aromatic nitrogens is 2. The Bertz CT molecular complexity index is 367. The van der Waals surface area contributed by atoms with Crippen LogP contribution >= 0.6 is 0 Å². The molecule has 0 saturated carbocycles. The zero-order valence-corrected chi connectivity index (χ0v) is 9.00. The third-order valence-corrected chi connectivity index (χ3v) is 1.54. The van der Waals surface area contributed by atoms with Gasteiger partial charge < -0.3 is 10.5 Å². The smallest absolute Gasteiger partial charge is 0.141 e. The third kappa shape index (κ3) is 5.29. The largest absolute Gasteiger partial charge is 0.495 e. The van der Waals surface area contributed by atoms with Crippen LogP contribution in [0.2, 0.25) is 0 Å². The van der Waals surface area contributed by atoms with E-state index < -0.39 is 0 Å². The Kier molecular flexibility index (Phi) is 7.68. The molecule has 0 fully saturated rings. The van der Waals surface area contributed by atoms with E-state index in [1.807, 2.05) is 24.3 Å². The maximum atomic E-state index is 6.50. The number of nitrogens with zero attached hydrogens (tertiary/aromatic N) is 2. The standard InChI is InChI=1S/C7H9NO.C3H4N2.CHN/c1-9-7-5-3-2-4-6(7)8;1-2-4-5-3-1;1-2/h2-5H,8H2,1H3;1-3H,(H,4,5);1H. The summed E-state index contributed by atoms with van der Waals surface area (Å²) in [7, 11) is 1.60. The van der Waals surface area contributed by atoms with Gasteiger partial charge in [-0.15, -0.1) is 0 Å². The predicted octanol–water partition coefficient (Wildman–Crippen LogP) is 1.83. The fourth-order valence-corrected chi connectivity index (χ4v) is 0.882. The first kappa shape index (κ1) is 13.5. The van der Waals surface area contributed by atoms with Gasteiger partial charge in [0, 0.05) is 19.0 Å². The van der Waals surface area contributed by atoms with Crippen LogP contribution in [0.1, 0.15) is 0 Å². The second-order valence-electron chi connectivity index (χ2n) is 2.51. The normalized spacial score (nSPS) is 7.69. The van der Waals surface area contributed by atoms with Crippen LogP contribution in [-0.4, -0.2) is 17.3 Å². The molecule has 0 aliphatic heterocycles. The summed E-state index contributed by atoms with van der Waals surface area (Å²) in [5, 5.41) is 12.7. The van der Waals surface area contributed by atoms with Crippen LogP contribution in [-0.2, 0) is 0 Å². The number of hydrogen-bond donors (Lipinski definition) is 2. The molecule has 0 radical (unpaired) electrons. The summed E-state index contributed by atoms with van der Waals surface area (Å²) in [6.07, 6.45) is 3.46. The van der Waals surface area contributed by atoms with E-state index in [1.54, 1.807) is 25.6 Å². The number of nitrogen functional groups attached to an aromatic ring is 1. The molecule has 16 heavy (non-hydrogen) atoms. The van der Waals surface area contributed by atoms with E-state index in [1.165, 1.54) is 0 Å².